The molecule has 1 heterocycles. The van der Waals surface area contributed by atoms with Gasteiger partial charge in [-0.1, -0.05) is 32.4 Å². The first-order chi connectivity index (χ1) is 9.04. The van der Waals surface area contributed by atoms with Crippen molar-refractivity contribution >= 4 is 23.3 Å². The molecule has 0 atom stereocenters. The van der Waals surface area contributed by atoms with Crippen molar-refractivity contribution in [1.29, 1.82) is 0 Å². The Bertz CT molecular complexity index is 492. The molecule has 0 bridgehead atoms. The fourth-order valence-corrected chi connectivity index (χ4v) is 2.67. The SMILES string of the molecule is CNc1ccc(Cl)c(C(=O)NC(C)(C)CC(C)(C)C)n1. The molecule has 0 aliphatic rings. The number of pyridine rings is 1. The van der Waals surface area contributed by atoms with Gasteiger partial charge in [0.1, 0.15) is 11.5 Å². The molecule has 20 heavy (non-hydrogen) atoms. The van der Waals surface area contributed by atoms with E-state index < -0.39 is 0 Å². The van der Waals surface area contributed by atoms with E-state index in [2.05, 4.69) is 36.4 Å². The van der Waals surface area contributed by atoms with Crippen molar-refractivity contribution in [3.63, 3.8) is 0 Å². The third kappa shape index (κ3) is 5.00. The molecule has 0 radical (unpaired) electrons. The van der Waals surface area contributed by atoms with E-state index in [4.69, 9.17) is 11.6 Å². The molecule has 4 nitrogen and oxygen atoms in total. The summed E-state index contributed by atoms with van der Waals surface area (Å²) < 4.78 is 0. The molecular weight excluding hydrogens is 274 g/mol. The number of hydrogen-bond donors (Lipinski definition) is 2. The van der Waals surface area contributed by atoms with Crippen LogP contribution in [0, 0.1) is 5.41 Å². The summed E-state index contributed by atoms with van der Waals surface area (Å²) in [5.74, 6) is 0.370. The third-order valence-corrected chi connectivity index (χ3v) is 3.05. The zero-order valence-corrected chi connectivity index (χ0v) is 13.9. The van der Waals surface area contributed by atoms with Crippen LogP contribution in [-0.2, 0) is 0 Å². The predicted molar refractivity (Wildman–Crippen MR) is 84.4 cm³/mol. The van der Waals surface area contributed by atoms with Gasteiger partial charge in [0.05, 0.1) is 5.02 Å². The van der Waals surface area contributed by atoms with Crippen LogP contribution in [0.2, 0.25) is 5.02 Å². The van der Waals surface area contributed by atoms with Crippen LogP contribution >= 0.6 is 11.6 Å². The first kappa shape index (κ1) is 16.8. The monoisotopic (exact) mass is 297 g/mol. The summed E-state index contributed by atoms with van der Waals surface area (Å²) in [5.41, 5.74) is 0.0529. The van der Waals surface area contributed by atoms with Gasteiger partial charge in [-0.15, -0.1) is 0 Å². The number of carbonyl (C=O) groups excluding carboxylic acids is 1. The van der Waals surface area contributed by atoms with Crippen molar-refractivity contribution in [3.8, 4) is 0 Å². The van der Waals surface area contributed by atoms with Gasteiger partial charge in [-0.3, -0.25) is 4.79 Å². The third-order valence-electron chi connectivity index (χ3n) is 2.74. The maximum Gasteiger partial charge on any atom is 0.271 e. The van der Waals surface area contributed by atoms with Gasteiger partial charge in [-0.2, -0.15) is 0 Å². The largest absolute Gasteiger partial charge is 0.373 e. The van der Waals surface area contributed by atoms with Crippen LogP contribution < -0.4 is 10.6 Å². The summed E-state index contributed by atoms with van der Waals surface area (Å²) in [6.07, 6.45) is 0.856. The zero-order valence-electron chi connectivity index (χ0n) is 13.1. The lowest BCUT2D eigenvalue weighted by Crippen LogP contribution is -2.46. The fourth-order valence-electron chi connectivity index (χ4n) is 2.48. The highest BCUT2D eigenvalue weighted by molar-refractivity contribution is 6.33. The van der Waals surface area contributed by atoms with Crippen LogP contribution in [0.15, 0.2) is 12.1 Å². The number of nitrogens with zero attached hydrogens (tertiary/aromatic N) is 1. The van der Waals surface area contributed by atoms with Gasteiger partial charge >= 0.3 is 0 Å². The van der Waals surface area contributed by atoms with Crippen LogP contribution in [0.5, 0.6) is 0 Å². The van der Waals surface area contributed by atoms with Gasteiger partial charge in [-0.05, 0) is 37.8 Å². The Kier molecular flexibility index (Phi) is 5.03. The molecule has 5 heteroatoms. The average Bonchev–Trinajstić information content (AvgIpc) is 2.25. The highest BCUT2D eigenvalue weighted by Gasteiger charge is 2.28. The number of hydrogen-bond acceptors (Lipinski definition) is 3. The number of amides is 1. The van der Waals surface area contributed by atoms with E-state index in [0.29, 0.717) is 10.8 Å². The molecule has 0 spiro atoms. The summed E-state index contributed by atoms with van der Waals surface area (Å²) in [6.45, 7) is 10.5. The number of aromatic nitrogens is 1. The molecular formula is C15H24ClN3O. The maximum atomic E-state index is 12.3. The van der Waals surface area contributed by atoms with Crippen LogP contribution in [0.4, 0.5) is 5.82 Å². The van der Waals surface area contributed by atoms with Crippen LogP contribution in [0.3, 0.4) is 0 Å². The number of nitrogens with one attached hydrogen (secondary N) is 2. The van der Waals surface area contributed by atoms with Crippen molar-refractivity contribution in [2.75, 3.05) is 12.4 Å². The van der Waals surface area contributed by atoms with Gasteiger partial charge in [0.25, 0.3) is 5.91 Å². The van der Waals surface area contributed by atoms with Gasteiger partial charge in [-0.25, -0.2) is 4.98 Å². The Labute approximate surface area is 126 Å². The van der Waals surface area contributed by atoms with E-state index in [1.54, 1.807) is 19.2 Å². The van der Waals surface area contributed by atoms with Crippen molar-refractivity contribution < 1.29 is 4.79 Å². The quantitative estimate of drug-likeness (QED) is 0.890. The molecule has 0 aromatic carbocycles. The smallest absolute Gasteiger partial charge is 0.271 e. The minimum Gasteiger partial charge on any atom is -0.373 e. The maximum absolute atomic E-state index is 12.3. The summed E-state index contributed by atoms with van der Waals surface area (Å²) in [6, 6.07) is 3.41. The second-order valence-corrected chi connectivity index (χ2v) is 7.26. The lowest BCUT2D eigenvalue weighted by atomic mass is 9.82. The minimum atomic E-state index is -0.323. The van der Waals surface area contributed by atoms with Crippen molar-refractivity contribution in [2.45, 2.75) is 46.6 Å². The Hall–Kier alpha value is -1.29. The summed E-state index contributed by atoms with van der Waals surface area (Å²) in [5, 5.41) is 6.26. The van der Waals surface area contributed by atoms with E-state index in [0.717, 1.165) is 6.42 Å². The molecule has 2 N–H and O–H groups in total. The summed E-state index contributed by atoms with van der Waals surface area (Å²) >= 11 is 6.06. The Morgan fingerprint density at radius 2 is 1.85 bits per heavy atom. The Morgan fingerprint density at radius 3 is 2.35 bits per heavy atom. The summed E-state index contributed by atoms with van der Waals surface area (Å²) in [4.78, 5) is 16.6. The molecule has 0 aliphatic carbocycles. The van der Waals surface area contributed by atoms with Gasteiger partial charge in [0.15, 0.2) is 0 Å². The molecule has 1 rings (SSSR count). The molecule has 0 saturated carbocycles. The molecule has 0 aliphatic heterocycles. The van der Waals surface area contributed by atoms with E-state index in [9.17, 15) is 4.79 Å². The molecule has 1 amide bonds. The average molecular weight is 298 g/mol. The first-order valence-electron chi connectivity index (χ1n) is 6.71. The molecule has 112 valence electrons. The van der Waals surface area contributed by atoms with E-state index in [1.807, 2.05) is 13.8 Å². The lowest BCUT2D eigenvalue weighted by Gasteiger charge is -2.33. The van der Waals surface area contributed by atoms with Gasteiger partial charge < -0.3 is 10.6 Å². The standard InChI is InChI=1S/C15H24ClN3O/c1-14(2,3)9-15(4,5)19-13(20)12-10(16)7-8-11(17-6)18-12/h7-8H,9H2,1-6H3,(H,17,18)(H,19,20). The topological polar surface area (TPSA) is 54.0 Å². The van der Waals surface area contributed by atoms with E-state index in [1.165, 1.54) is 0 Å². The second kappa shape index (κ2) is 6.00. The molecule has 0 fully saturated rings. The van der Waals surface area contributed by atoms with Crippen molar-refractivity contribution in [3.05, 3.63) is 22.8 Å². The van der Waals surface area contributed by atoms with Crippen molar-refractivity contribution in [1.82, 2.24) is 10.3 Å². The minimum absolute atomic E-state index is 0.126. The number of carbonyl (C=O) groups is 1. The van der Waals surface area contributed by atoms with Crippen LogP contribution in [0.1, 0.15) is 51.5 Å². The predicted octanol–water partition coefficient (Wildman–Crippen LogP) is 3.72. The van der Waals surface area contributed by atoms with Crippen LogP contribution in [-0.4, -0.2) is 23.5 Å². The van der Waals surface area contributed by atoms with Crippen LogP contribution in [0.25, 0.3) is 0 Å². The van der Waals surface area contributed by atoms with E-state index in [-0.39, 0.29) is 22.6 Å². The normalized spacial score (nSPS) is 12.2. The highest BCUT2D eigenvalue weighted by atomic mass is 35.5. The first-order valence-corrected chi connectivity index (χ1v) is 7.09. The second-order valence-electron chi connectivity index (χ2n) is 6.85. The molecule has 0 saturated heterocycles. The lowest BCUT2D eigenvalue weighted by molar-refractivity contribution is 0.0886. The zero-order chi connectivity index (χ0) is 15.6. The molecule has 1 aromatic heterocycles. The Balaban J connectivity index is 2.91. The molecule has 0 unspecified atom stereocenters. The number of rotatable bonds is 4. The highest BCUT2D eigenvalue weighted by Crippen LogP contribution is 2.27. The molecule has 1 aromatic rings. The summed E-state index contributed by atoms with van der Waals surface area (Å²) in [7, 11) is 1.75. The van der Waals surface area contributed by atoms with Gasteiger partial charge in [0, 0.05) is 12.6 Å². The fraction of sp³-hybridized carbons (Fsp3) is 0.600. The number of anilines is 1. The van der Waals surface area contributed by atoms with Gasteiger partial charge in [0.2, 0.25) is 0 Å². The van der Waals surface area contributed by atoms with Crippen molar-refractivity contribution in [2.24, 2.45) is 5.41 Å². The Morgan fingerprint density at radius 1 is 1.25 bits per heavy atom. The number of halogens is 1. The van der Waals surface area contributed by atoms with E-state index >= 15 is 0 Å².